The Morgan fingerprint density at radius 1 is 1.00 bits per heavy atom. The number of aliphatic carboxylic acids is 1. The molecule has 3 unspecified atom stereocenters. The smallest absolute Gasteiger partial charge is 0.434 e. The van der Waals surface area contributed by atoms with Gasteiger partial charge in [-0.3, -0.25) is 4.79 Å². The zero-order chi connectivity index (χ0) is 39.8. The summed E-state index contributed by atoms with van der Waals surface area (Å²) in [5.41, 5.74) is -1.53. The molecule has 0 bridgehead atoms. The molecular weight excluding hydrogens is 725 g/mol. The van der Waals surface area contributed by atoms with Gasteiger partial charge in [0.2, 0.25) is 5.95 Å². The fourth-order valence-corrected chi connectivity index (χ4v) is 9.34. The lowest BCUT2D eigenvalue weighted by molar-refractivity contribution is -0.150. The SMILES string of the molecule is CC1CCCC(C(NC(=O)c2ccc(-c3c(C4CCOCC4)n(C)c4cc(OC5CCN(c6ncccn6)CC5)ccc34)nc2C(F)(F)F)(C(=O)O)C(C)C)C1. The van der Waals surface area contributed by atoms with Crippen molar-refractivity contribution < 1.29 is 37.3 Å². The number of aromatic nitrogens is 4. The second kappa shape index (κ2) is 16.0. The first-order chi connectivity index (χ1) is 26.8. The lowest BCUT2D eigenvalue weighted by atomic mass is 9.66. The Bertz CT molecular complexity index is 2040. The number of piperidine rings is 1. The summed E-state index contributed by atoms with van der Waals surface area (Å²) in [4.78, 5) is 42.0. The van der Waals surface area contributed by atoms with E-state index in [2.05, 4.69) is 25.2 Å². The molecule has 2 saturated heterocycles. The molecule has 1 aromatic carbocycles. The minimum atomic E-state index is -5.00. The minimum absolute atomic E-state index is 0.00993. The van der Waals surface area contributed by atoms with Crippen molar-refractivity contribution in [2.75, 3.05) is 31.2 Å². The summed E-state index contributed by atoms with van der Waals surface area (Å²) in [5.74, 6) is -1.78. The molecule has 1 aliphatic carbocycles. The monoisotopic (exact) mass is 776 g/mol. The fraction of sp³-hybridized carbons (Fsp3) is 0.548. The number of hydrogen-bond donors (Lipinski definition) is 2. The first-order valence-corrected chi connectivity index (χ1v) is 19.8. The molecule has 4 aromatic rings. The Hall–Kier alpha value is -4.72. The van der Waals surface area contributed by atoms with Crippen LogP contribution in [0.4, 0.5) is 19.1 Å². The van der Waals surface area contributed by atoms with Crippen LogP contribution in [-0.2, 0) is 22.8 Å². The van der Waals surface area contributed by atoms with E-state index in [0.29, 0.717) is 61.5 Å². The maximum atomic E-state index is 15.0. The van der Waals surface area contributed by atoms with Gasteiger partial charge in [0.15, 0.2) is 5.69 Å². The van der Waals surface area contributed by atoms with Crippen LogP contribution in [0.25, 0.3) is 22.2 Å². The molecule has 11 nitrogen and oxygen atoms in total. The van der Waals surface area contributed by atoms with Gasteiger partial charge in [0.1, 0.15) is 17.4 Å². The number of fused-ring (bicyclic) bond motifs is 1. The largest absolute Gasteiger partial charge is 0.490 e. The molecule has 300 valence electrons. The van der Waals surface area contributed by atoms with Gasteiger partial charge in [-0.15, -0.1) is 0 Å². The third-order valence-electron chi connectivity index (χ3n) is 12.2. The van der Waals surface area contributed by atoms with E-state index < -0.39 is 46.7 Å². The molecule has 56 heavy (non-hydrogen) atoms. The second-order valence-electron chi connectivity index (χ2n) is 16.1. The fourth-order valence-electron chi connectivity index (χ4n) is 9.34. The molecular formula is C42H51F3N6O5. The van der Waals surface area contributed by atoms with Crippen molar-refractivity contribution in [2.24, 2.45) is 24.8 Å². The number of anilines is 1. The maximum absolute atomic E-state index is 15.0. The lowest BCUT2D eigenvalue weighted by Gasteiger charge is -2.44. The Labute approximate surface area is 325 Å². The van der Waals surface area contributed by atoms with Gasteiger partial charge >= 0.3 is 12.1 Å². The summed E-state index contributed by atoms with van der Waals surface area (Å²) in [7, 11) is 1.91. The lowest BCUT2D eigenvalue weighted by Crippen LogP contribution is -2.63. The first-order valence-electron chi connectivity index (χ1n) is 19.8. The number of carbonyl (C=O) groups excluding carboxylic acids is 1. The van der Waals surface area contributed by atoms with Gasteiger partial charge in [0.05, 0.1) is 16.8 Å². The van der Waals surface area contributed by atoms with Gasteiger partial charge in [-0.05, 0) is 73.8 Å². The van der Waals surface area contributed by atoms with Gasteiger partial charge in [-0.25, -0.2) is 19.7 Å². The summed E-state index contributed by atoms with van der Waals surface area (Å²) >= 11 is 0. The number of ether oxygens (including phenoxy) is 2. The Morgan fingerprint density at radius 2 is 1.71 bits per heavy atom. The van der Waals surface area contributed by atoms with Gasteiger partial charge in [0.25, 0.3) is 5.91 Å². The molecule has 7 rings (SSSR count). The summed E-state index contributed by atoms with van der Waals surface area (Å²) in [6.07, 6.45) is 4.17. The molecule has 2 N–H and O–H groups in total. The van der Waals surface area contributed by atoms with Gasteiger partial charge in [0, 0.05) is 87.2 Å². The molecule has 3 fully saturated rings. The van der Waals surface area contributed by atoms with Crippen LogP contribution in [0.2, 0.25) is 0 Å². The number of nitrogens with zero attached hydrogens (tertiary/aromatic N) is 5. The number of alkyl halides is 3. The summed E-state index contributed by atoms with van der Waals surface area (Å²) in [6, 6.07) is 10.0. The van der Waals surface area contributed by atoms with Gasteiger partial charge in [-0.2, -0.15) is 13.2 Å². The number of carbonyl (C=O) groups is 2. The molecule has 3 aromatic heterocycles. The van der Waals surface area contributed by atoms with Crippen molar-refractivity contribution in [3.63, 3.8) is 0 Å². The van der Waals surface area contributed by atoms with E-state index in [-0.39, 0.29) is 23.6 Å². The van der Waals surface area contributed by atoms with Crippen molar-refractivity contribution >= 4 is 28.7 Å². The Morgan fingerprint density at radius 3 is 2.36 bits per heavy atom. The number of carboxylic acid groups (broad SMARTS) is 1. The zero-order valence-electron chi connectivity index (χ0n) is 32.4. The number of amides is 1. The van der Waals surface area contributed by atoms with E-state index in [0.717, 1.165) is 56.0 Å². The van der Waals surface area contributed by atoms with E-state index in [1.807, 2.05) is 36.7 Å². The highest BCUT2D eigenvalue weighted by molar-refractivity contribution is 6.01. The van der Waals surface area contributed by atoms with E-state index >= 15 is 13.2 Å². The van der Waals surface area contributed by atoms with Gasteiger partial charge in [-0.1, -0.05) is 33.6 Å². The third-order valence-corrected chi connectivity index (χ3v) is 12.2. The number of benzene rings is 1. The zero-order valence-corrected chi connectivity index (χ0v) is 32.4. The number of nitrogens with one attached hydrogen (secondary N) is 1. The molecule has 1 saturated carbocycles. The van der Waals surface area contributed by atoms with Crippen LogP contribution in [0.1, 0.15) is 99.8 Å². The molecule has 3 atom stereocenters. The van der Waals surface area contributed by atoms with Crippen LogP contribution < -0.4 is 15.0 Å². The molecule has 0 spiro atoms. The Kier molecular flexibility index (Phi) is 11.3. The van der Waals surface area contributed by atoms with Crippen LogP contribution in [0.15, 0.2) is 48.8 Å². The van der Waals surface area contributed by atoms with Crippen molar-refractivity contribution in [1.82, 2.24) is 24.8 Å². The van der Waals surface area contributed by atoms with Crippen LogP contribution >= 0.6 is 0 Å². The molecule has 3 aliphatic rings. The van der Waals surface area contributed by atoms with Crippen molar-refractivity contribution in [3.05, 3.63) is 65.7 Å². The normalized spacial score (nSPS) is 21.2. The molecule has 14 heteroatoms. The topological polar surface area (TPSA) is 132 Å². The predicted octanol–water partition coefficient (Wildman–Crippen LogP) is 8.03. The number of pyridine rings is 1. The Balaban J connectivity index is 1.24. The van der Waals surface area contributed by atoms with Crippen LogP contribution in [0.3, 0.4) is 0 Å². The first kappa shape index (κ1) is 39.5. The quantitative estimate of drug-likeness (QED) is 0.164. The number of hydrogen-bond acceptors (Lipinski definition) is 8. The van der Waals surface area contributed by atoms with Crippen molar-refractivity contribution in [3.8, 4) is 17.0 Å². The van der Waals surface area contributed by atoms with Crippen molar-refractivity contribution in [1.29, 1.82) is 0 Å². The van der Waals surface area contributed by atoms with E-state index in [4.69, 9.17) is 9.47 Å². The minimum Gasteiger partial charge on any atom is -0.490 e. The molecule has 1 amide bonds. The summed E-state index contributed by atoms with van der Waals surface area (Å²) in [6.45, 7) is 7.95. The van der Waals surface area contributed by atoms with E-state index in [9.17, 15) is 14.7 Å². The molecule has 0 radical (unpaired) electrons. The number of carboxylic acids is 1. The maximum Gasteiger partial charge on any atom is 0.434 e. The van der Waals surface area contributed by atoms with Crippen LogP contribution in [0.5, 0.6) is 5.75 Å². The standard InChI is InChI=1S/C42H51F3N6O5/c1-25(2)41(39(53)54,28-8-5-7-26(3)23-28)49-38(52)32-11-12-33(48-37(32)42(43,44)45)35-31-10-9-30(24-34(31)50(4)36(35)27-15-21-55-22-16-27)56-29-13-19-51(20-14-29)40-46-17-6-18-47-40/h6,9-12,17-18,24-29H,5,7-8,13-16,19-23H2,1-4H3,(H,49,52)(H,53,54). The molecule has 5 heterocycles. The highest BCUT2D eigenvalue weighted by atomic mass is 19.4. The average molecular weight is 777 g/mol. The predicted molar refractivity (Wildman–Crippen MR) is 206 cm³/mol. The summed E-state index contributed by atoms with van der Waals surface area (Å²) < 4.78 is 59.2. The van der Waals surface area contributed by atoms with Crippen LogP contribution in [-0.4, -0.2) is 74.4 Å². The van der Waals surface area contributed by atoms with Gasteiger partial charge < -0.3 is 29.4 Å². The highest BCUT2D eigenvalue weighted by Crippen LogP contribution is 2.44. The van der Waals surface area contributed by atoms with E-state index in [1.165, 1.54) is 6.07 Å². The van der Waals surface area contributed by atoms with E-state index in [1.54, 1.807) is 32.3 Å². The molecule has 2 aliphatic heterocycles. The van der Waals surface area contributed by atoms with Crippen LogP contribution in [0, 0.1) is 17.8 Å². The summed E-state index contributed by atoms with van der Waals surface area (Å²) in [5, 5.41) is 13.9. The second-order valence-corrected chi connectivity index (χ2v) is 16.1. The number of rotatable bonds is 10. The number of halogens is 3. The van der Waals surface area contributed by atoms with Crippen molar-refractivity contribution in [2.45, 2.75) is 95.9 Å². The number of aryl methyl sites for hydroxylation is 1. The average Bonchev–Trinajstić information content (AvgIpc) is 3.48. The third kappa shape index (κ3) is 7.68. The highest BCUT2D eigenvalue weighted by Gasteiger charge is 2.51.